The van der Waals surface area contributed by atoms with Crippen LogP contribution in [-0.4, -0.2) is 36.4 Å². The van der Waals surface area contributed by atoms with Gasteiger partial charge in [0.05, 0.1) is 12.3 Å². The van der Waals surface area contributed by atoms with Crippen LogP contribution in [0.25, 0.3) is 0 Å². The normalized spacial score (nSPS) is 17.3. The highest BCUT2D eigenvalue weighted by Gasteiger charge is 2.42. The molecule has 0 saturated heterocycles. The first-order valence-electron chi connectivity index (χ1n) is 9.69. The van der Waals surface area contributed by atoms with Gasteiger partial charge in [-0.15, -0.1) is 0 Å². The molecule has 1 aromatic rings. The number of carbonyl (C=O) groups excluding carboxylic acids is 3. The Bertz CT molecular complexity index is 713. The molecule has 0 radical (unpaired) electrons. The minimum Gasteiger partial charge on any atom is -0.478 e. The number of Topliss-reactive ketones (excluding diaryl/α,β-unsaturated/α-hetero) is 1. The number of anilines is 1. The molecule has 0 aromatic heterocycles. The van der Waals surface area contributed by atoms with Gasteiger partial charge in [0.15, 0.2) is 11.9 Å². The highest BCUT2D eigenvalue weighted by molar-refractivity contribution is 6.06. The summed E-state index contributed by atoms with van der Waals surface area (Å²) in [5, 5.41) is 0. The van der Waals surface area contributed by atoms with Crippen LogP contribution in [0.4, 0.5) is 5.69 Å². The van der Waals surface area contributed by atoms with Gasteiger partial charge in [0.1, 0.15) is 11.8 Å². The van der Waals surface area contributed by atoms with Crippen molar-refractivity contribution in [1.29, 1.82) is 0 Å². The van der Waals surface area contributed by atoms with Crippen LogP contribution in [0.3, 0.4) is 0 Å². The second kappa shape index (κ2) is 9.02. The maximum atomic E-state index is 13.2. The Kier molecular flexibility index (Phi) is 6.99. The van der Waals surface area contributed by atoms with E-state index in [0.29, 0.717) is 42.9 Å². The van der Waals surface area contributed by atoms with E-state index in [9.17, 15) is 14.4 Å². The van der Waals surface area contributed by atoms with E-state index >= 15 is 0 Å². The number of hydrogen-bond donors (Lipinski definition) is 0. The summed E-state index contributed by atoms with van der Waals surface area (Å²) in [6, 6.07) is 4.30. The number of ketones is 1. The molecule has 0 saturated carbocycles. The molecule has 148 valence electrons. The summed E-state index contributed by atoms with van der Waals surface area (Å²) in [5.74, 6) is -0.302. The van der Waals surface area contributed by atoms with Crippen molar-refractivity contribution < 1.29 is 23.9 Å². The first-order chi connectivity index (χ1) is 12.8. The predicted molar refractivity (Wildman–Crippen MR) is 103 cm³/mol. The molecule has 2 atom stereocenters. The third-order valence-electron chi connectivity index (χ3n) is 4.62. The molecule has 27 heavy (non-hydrogen) atoms. The van der Waals surface area contributed by atoms with Crippen molar-refractivity contribution in [1.82, 2.24) is 0 Å². The molecular weight excluding hydrogens is 346 g/mol. The van der Waals surface area contributed by atoms with Crippen LogP contribution in [0.15, 0.2) is 18.2 Å². The van der Waals surface area contributed by atoms with Crippen molar-refractivity contribution in [2.24, 2.45) is 5.92 Å². The molecule has 0 bridgehead atoms. The summed E-state index contributed by atoms with van der Waals surface area (Å²) in [6.07, 6.45) is 0.792. The largest absolute Gasteiger partial charge is 0.478 e. The van der Waals surface area contributed by atoms with Crippen molar-refractivity contribution in [2.45, 2.75) is 66.0 Å². The Morgan fingerprint density at radius 2 is 1.93 bits per heavy atom. The van der Waals surface area contributed by atoms with Gasteiger partial charge in [0.2, 0.25) is 0 Å². The Labute approximate surface area is 160 Å². The van der Waals surface area contributed by atoms with Gasteiger partial charge in [-0.2, -0.15) is 0 Å². The molecule has 0 aliphatic carbocycles. The summed E-state index contributed by atoms with van der Waals surface area (Å²) in [4.78, 5) is 39.4. The van der Waals surface area contributed by atoms with Crippen LogP contribution in [0, 0.1) is 5.92 Å². The van der Waals surface area contributed by atoms with Crippen LogP contribution in [0.2, 0.25) is 0 Å². The van der Waals surface area contributed by atoms with Gasteiger partial charge in [0.25, 0.3) is 5.91 Å². The fourth-order valence-electron chi connectivity index (χ4n) is 3.12. The minimum atomic E-state index is -0.750. The molecule has 0 spiro atoms. The monoisotopic (exact) mass is 375 g/mol. The lowest BCUT2D eigenvalue weighted by molar-refractivity contribution is -0.147. The number of amides is 1. The number of ether oxygens (including phenoxy) is 2. The van der Waals surface area contributed by atoms with E-state index in [1.807, 2.05) is 27.7 Å². The predicted octanol–water partition coefficient (Wildman–Crippen LogP) is 3.76. The van der Waals surface area contributed by atoms with Crippen LogP contribution >= 0.6 is 0 Å². The third-order valence-corrected chi connectivity index (χ3v) is 4.62. The van der Waals surface area contributed by atoms with Gasteiger partial charge in [-0.25, -0.2) is 4.79 Å². The number of benzene rings is 1. The fraction of sp³-hybridized carbons (Fsp3) is 0.571. The molecule has 2 rings (SSSR count). The van der Waals surface area contributed by atoms with E-state index in [0.717, 1.165) is 0 Å². The quantitative estimate of drug-likeness (QED) is 0.511. The molecule has 6 nitrogen and oxygen atoms in total. The van der Waals surface area contributed by atoms with E-state index in [1.165, 1.54) is 4.90 Å². The lowest BCUT2D eigenvalue weighted by atomic mass is 9.99. The van der Waals surface area contributed by atoms with Crippen molar-refractivity contribution in [3.8, 4) is 5.75 Å². The van der Waals surface area contributed by atoms with Crippen LogP contribution in [-0.2, 0) is 14.3 Å². The summed E-state index contributed by atoms with van der Waals surface area (Å²) < 4.78 is 11.2. The zero-order valence-corrected chi connectivity index (χ0v) is 16.8. The number of carbonyl (C=O) groups is 3. The first kappa shape index (κ1) is 20.9. The molecule has 0 N–H and O–H groups in total. The Hall–Kier alpha value is -2.37. The SMILES string of the molecule is CCCOC(=O)C(CC)N1C(=O)C(C(C)C)Oc2ccc(C(=O)CC)cc21. The zero-order valence-electron chi connectivity index (χ0n) is 16.8. The van der Waals surface area contributed by atoms with Gasteiger partial charge in [0, 0.05) is 12.0 Å². The van der Waals surface area contributed by atoms with Gasteiger partial charge in [-0.1, -0.05) is 34.6 Å². The maximum Gasteiger partial charge on any atom is 0.329 e. The molecule has 1 heterocycles. The molecule has 2 unspecified atom stereocenters. The molecule has 1 amide bonds. The average molecular weight is 375 g/mol. The zero-order chi connectivity index (χ0) is 20.1. The maximum absolute atomic E-state index is 13.2. The minimum absolute atomic E-state index is 0.0298. The molecule has 1 aliphatic heterocycles. The van der Waals surface area contributed by atoms with E-state index in [-0.39, 0.29) is 17.6 Å². The van der Waals surface area contributed by atoms with Crippen LogP contribution < -0.4 is 9.64 Å². The van der Waals surface area contributed by atoms with Crippen LogP contribution in [0.5, 0.6) is 5.75 Å². The van der Waals surface area contributed by atoms with Gasteiger partial charge in [-0.3, -0.25) is 14.5 Å². The highest BCUT2D eigenvalue weighted by Crippen LogP contribution is 2.38. The lowest BCUT2D eigenvalue weighted by Crippen LogP contribution is -2.55. The van der Waals surface area contributed by atoms with Gasteiger partial charge < -0.3 is 9.47 Å². The van der Waals surface area contributed by atoms with E-state index in [2.05, 4.69) is 0 Å². The van der Waals surface area contributed by atoms with Crippen molar-refractivity contribution in [2.75, 3.05) is 11.5 Å². The van der Waals surface area contributed by atoms with E-state index in [4.69, 9.17) is 9.47 Å². The molecule has 0 fully saturated rings. The molecule has 1 aromatic carbocycles. The summed E-state index contributed by atoms with van der Waals surface area (Å²) in [7, 11) is 0. The number of esters is 1. The molecule has 6 heteroatoms. The van der Waals surface area contributed by atoms with Crippen molar-refractivity contribution in [3.63, 3.8) is 0 Å². The number of nitrogens with zero attached hydrogens (tertiary/aromatic N) is 1. The number of hydrogen-bond acceptors (Lipinski definition) is 5. The third kappa shape index (κ3) is 4.31. The van der Waals surface area contributed by atoms with Crippen molar-refractivity contribution >= 4 is 23.3 Å². The molecule has 1 aliphatic rings. The average Bonchev–Trinajstić information content (AvgIpc) is 2.66. The number of fused-ring (bicyclic) bond motifs is 1. The first-order valence-corrected chi connectivity index (χ1v) is 9.69. The smallest absolute Gasteiger partial charge is 0.329 e. The van der Waals surface area contributed by atoms with Gasteiger partial charge >= 0.3 is 5.97 Å². The van der Waals surface area contributed by atoms with E-state index < -0.39 is 18.1 Å². The standard InChI is InChI=1S/C21H29NO5/c1-6-11-26-21(25)15(7-2)22-16-12-14(17(23)8-3)9-10-18(16)27-19(13(4)5)20(22)24/h9-10,12-13,15,19H,6-8,11H2,1-5H3. The lowest BCUT2D eigenvalue weighted by Gasteiger charge is -2.39. The van der Waals surface area contributed by atoms with Gasteiger partial charge in [-0.05, 0) is 37.0 Å². The molecular formula is C21H29NO5. The second-order valence-electron chi connectivity index (χ2n) is 7.04. The summed E-state index contributed by atoms with van der Waals surface area (Å²) in [6.45, 7) is 9.65. The Morgan fingerprint density at radius 1 is 1.22 bits per heavy atom. The fourth-order valence-corrected chi connectivity index (χ4v) is 3.12. The topological polar surface area (TPSA) is 72.9 Å². The summed E-state index contributed by atoms with van der Waals surface area (Å²) >= 11 is 0. The van der Waals surface area contributed by atoms with Crippen molar-refractivity contribution in [3.05, 3.63) is 23.8 Å². The number of rotatable bonds is 8. The summed E-state index contributed by atoms with van der Waals surface area (Å²) in [5.41, 5.74) is 0.953. The Morgan fingerprint density at radius 3 is 2.48 bits per heavy atom. The van der Waals surface area contributed by atoms with E-state index in [1.54, 1.807) is 25.1 Å². The highest BCUT2D eigenvalue weighted by atomic mass is 16.5. The Balaban J connectivity index is 2.53. The van der Waals surface area contributed by atoms with Crippen LogP contribution in [0.1, 0.15) is 64.2 Å². The second-order valence-corrected chi connectivity index (χ2v) is 7.04.